The van der Waals surface area contributed by atoms with Crippen LogP contribution in [0.3, 0.4) is 0 Å². The van der Waals surface area contributed by atoms with Crippen LogP contribution in [0.25, 0.3) is 0 Å². The van der Waals surface area contributed by atoms with Gasteiger partial charge >= 0.3 is 0 Å². The van der Waals surface area contributed by atoms with E-state index in [4.69, 9.17) is 27.4 Å². The molecule has 0 aliphatic rings. The van der Waals surface area contributed by atoms with Crippen molar-refractivity contribution < 1.29 is 39.8 Å². The lowest BCUT2D eigenvalue weighted by atomic mass is 10.9. The Hall–Kier alpha value is -0.490. The molecule has 0 rings (SSSR count). The molecule has 13 N–H and O–H groups in total. The maximum Gasteiger partial charge on any atom is 0.300 e. The summed E-state index contributed by atoms with van der Waals surface area (Å²) in [6, 6.07) is 0. The smallest absolute Gasteiger partial charge is 0.300 e. The minimum Gasteiger partial charge on any atom is -1.00 e. The zero-order valence-corrected chi connectivity index (χ0v) is 9.35. The van der Waals surface area contributed by atoms with E-state index < -0.39 is 16.4 Å². The molecule has 11 heteroatoms. The Morgan fingerprint density at radius 1 is 1.15 bits per heavy atom. The minimum atomic E-state index is -5.17. The number of carboxylic acid groups (broad SMARTS) is 1. The van der Waals surface area contributed by atoms with Gasteiger partial charge < -0.3 is 45.1 Å². The molecule has 88 valence electrons. The van der Waals surface area contributed by atoms with E-state index in [1.807, 2.05) is 0 Å². The SMILES string of the molecule is CC(=O)O.O=S(=O)([O-])[O-].[Cl-].[NH4+].[NH4+].[NH4+]. The second-order valence-corrected chi connectivity index (χ2v) is 1.74. The number of carboxylic acids is 1. The van der Waals surface area contributed by atoms with Crippen LogP contribution in [0.2, 0.25) is 0 Å². The highest BCUT2D eigenvalue weighted by atomic mass is 35.5. The molecule has 0 aliphatic heterocycles. The molecule has 0 spiro atoms. The molecule has 13 heavy (non-hydrogen) atoms. The summed E-state index contributed by atoms with van der Waals surface area (Å²) in [5, 5.41) is 7.42. The van der Waals surface area contributed by atoms with Crippen molar-refractivity contribution in [3.8, 4) is 0 Å². The molecule has 0 aromatic heterocycles. The van der Waals surface area contributed by atoms with Crippen molar-refractivity contribution in [1.29, 1.82) is 0 Å². The molecule has 0 unspecified atom stereocenters. The summed E-state index contributed by atoms with van der Waals surface area (Å²) in [6.45, 7) is 1.08. The third kappa shape index (κ3) is 4340. The van der Waals surface area contributed by atoms with Crippen LogP contribution in [0.15, 0.2) is 0 Å². The lowest BCUT2D eigenvalue weighted by Gasteiger charge is -2.06. The van der Waals surface area contributed by atoms with Crippen LogP contribution in [-0.4, -0.2) is 28.6 Å². The van der Waals surface area contributed by atoms with E-state index in [-0.39, 0.29) is 30.9 Å². The molecule has 0 radical (unpaired) electrons. The van der Waals surface area contributed by atoms with Crippen molar-refractivity contribution in [3.05, 3.63) is 0 Å². The van der Waals surface area contributed by atoms with Crippen LogP contribution in [0.5, 0.6) is 0 Å². The van der Waals surface area contributed by atoms with Crippen LogP contribution in [0.4, 0.5) is 0 Å². The number of hydrogen-bond donors (Lipinski definition) is 4. The van der Waals surface area contributed by atoms with Gasteiger partial charge in [-0.05, 0) is 0 Å². The van der Waals surface area contributed by atoms with Gasteiger partial charge in [0.2, 0.25) is 0 Å². The topological polar surface area (TPSA) is 227 Å². The Morgan fingerprint density at radius 3 is 1.15 bits per heavy atom. The molecular weight excluding hydrogens is 230 g/mol. The van der Waals surface area contributed by atoms with Gasteiger partial charge in [-0.25, -0.2) is 0 Å². The first-order valence-electron chi connectivity index (χ1n) is 1.59. The van der Waals surface area contributed by atoms with Crippen molar-refractivity contribution in [2.45, 2.75) is 6.92 Å². The van der Waals surface area contributed by atoms with Gasteiger partial charge in [-0.2, -0.15) is 0 Å². The van der Waals surface area contributed by atoms with Crippen LogP contribution in [0, 0.1) is 0 Å². The van der Waals surface area contributed by atoms with Crippen LogP contribution in [0.1, 0.15) is 6.92 Å². The van der Waals surface area contributed by atoms with Crippen LogP contribution >= 0.6 is 0 Å². The van der Waals surface area contributed by atoms with E-state index in [1.54, 1.807) is 0 Å². The van der Waals surface area contributed by atoms with Crippen molar-refractivity contribution in [2.24, 2.45) is 0 Å². The fourth-order valence-electron chi connectivity index (χ4n) is 0. The maximum absolute atomic E-state index is 9.00. The number of hydrogen-bond acceptors (Lipinski definition) is 5. The van der Waals surface area contributed by atoms with Gasteiger partial charge in [-0.15, -0.1) is 0 Å². The molecule has 0 aliphatic carbocycles. The number of carbonyl (C=O) groups is 1. The molecule has 0 atom stereocenters. The van der Waals surface area contributed by atoms with Gasteiger partial charge in [0.25, 0.3) is 5.97 Å². The van der Waals surface area contributed by atoms with E-state index in [9.17, 15) is 0 Å². The highest BCUT2D eigenvalue weighted by Gasteiger charge is 1.65. The second-order valence-electron chi connectivity index (χ2n) is 0.927. The molecule has 0 amide bonds. The largest absolute Gasteiger partial charge is 1.00 e. The van der Waals surface area contributed by atoms with Crippen molar-refractivity contribution in [3.63, 3.8) is 0 Å². The van der Waals surface area contributed by atoms with Crippen molar-refractivity contribution >= 4 is 16.4 Å². The monoisotopic (exact) mass is 245 g/mol. The Labute approximate surface area is 82.3 Å². The van der Waals surface area contributed by atoms with E-state index in [2.05, 4.69) is 0 Å². The first kappa shape index (κ1) is 39.1. The van der Waals surface area contributed by atoms with E-state index in [0.29, 0.717) is 0 Å². The second kappa shape index (κ2) is 17.6. The van der Waals surface area contributed by atoms with Crippen LogP contribution < -0.4 is 30.9 Å². The number of halogens is 1. The van der Waals surface area contributed by atoms with E-state index >= 15 is 0 Å². The average Bonchev–Trinajstić information content (AvgIpc) is 1.19. The Bertz CT molecular complexity index is 168. The highest BCUT2D eigenvalue weighted by molar-refractivity contribution is 7.79. The average molecular weight is 246 g/mol. The normalized spacial score (nSPS) is 6.38. The zero-order valence-electron chi connectivity index (χ0n) is 7.77. The lowest BCUT2D eigenvalue weighted by molar-refractivity contribution is -0.134. The molecule has 9 nitrogen and oxygen atoms in total. The quantitative estimate of drug-likeness (QED) is 0.255. The Morgan fingerprint density at radius 2 is 1.15 bits per heavy atom. The van der Waals surface area contributed by atoms with Gasteiger partial charge in [0, 0.05) is 17.3 Å². The molecule has 0 saturated heterocycles. The number of rotatable bonds is 0. The van der Waals surface area contributed by atoms with Gasteiger partial charge in [-0.3, -0.25) is 13.2 Å². The maximum atomic E-state index is 9.00. The molecule has 0 saturated carbocycles. The molecule has 0 aromatic rings. The summed E-state index contributed by atoms with van der Waals surface area (Å²) in [5.74, 6) is -0.833. The van der Waals surface area contributed by atoms with E-state index in [1.165, 1.54) is 0 Å². The fourth-order valence-corrected chi connectivity index (χ4v) is 0. The first-order chi connectivity index (χ1) is 3.73. The molecule has 0 bridgehead atoms. The molecular formula is C2H16ClN3O6S. The zero-order chi connectivity index (χ0) is 8.08. The Balaban J connectivity index is -0.0000000146. The summed E-state index contributed by atoms with van der Waals surface area (Å²) in [4.78, 5) is 9.00. The summed E-state index contributed by atoms with van der Waals surface area (Å²) in [5.41, 5.74) is 0. The van der Waals surface area contributed by atoms with Gasteiger partial charge in [0.05, 0.1) is 0 Å². The summed E-state index contributed by atoms with van der Waals surface area (Å²) in [6.07, 6.45) is 0. The van der Waals surface area contributed by atoms with E-state index in [0.717, 1.165) is 6.92 Å². The van der Waals surface area contributed by atoms with Gasteiger partial charge in [-0.1, -0.05) is 0 Å². The van der Waals surface area contributed by atoms with Crippen molar-refractivity contribution in [2.75, 3.05) is 0 Å². The van der Waals surface area contributed by atoms with Gasteiger partial charge in [0.15, 0.2) is 0 Å². The predicted molar refractivity (Wildman–Crippen MR) is 41.7 cm³/mol. The number of quaternary nitrogens is 3. The molecule has 0 fully saturated rings. The summed E-state index contributed by atoms with van der Waals surface area (Å²) in [7, 11) is -5.17. The fraction of sp³-hybridized carbons (Fsp3) is 0.500. The standard InChI is InChI=1S/C2H4O2.ClH.3H3N.H2O4S/c1-2(3)4;;;;;1-5(2,3)4/h1H3,(H,3,4);1H;3*1H3;(H2,1,2,3,4). The highest BCUT2D eigenvalue weighted by Crippen LogP contribution is 1.57. The summed E-state index contributed by atoms with van der Waals surface area (Å²) < 4.78 is 34.1. The third-order valence-corrected chi connectivity index (χ3v) is 0. The first-order valence-corrected chi connectivity index (χ1v) is 2.93. The predicted octanol–water partition coefficient (Wildman–Crippen LogP) is -3.11. The lowest BCUT2D eigenvalue weighted by Crippen LogP contribution is -3.00. The third-order valence-electron chi connectivity index (χ3n) is 0. The van der Waals surface area contributed by atoms with Crippen LogP contribution in [-0.2, 0) is 15.2 Å². The van der Waals surface area contributed by atoms with Crippen molar-refractivity contribution in [1.82, 2.24) is 18.5 Å². The Kier molecular flexibility index (Phi) is 52.8. The van der Waals surface area contributed by atoms with Gasteiger partial charge in [0.1, 0.15) is 0 Å². The minimum absolute atomic E-state index is 0. The molecule has 0 heterocycles. The number of aliphatic carboxylic acids is 1. The summed E-state index contributed by atoms with van der Waals surface area (Å²) >= 11 is 0. The molecule has 0 aromatic carbocycles.